The van der Waals surface area contributed by atoms with Crippen LogP contribution in [0.1, 0.15) is 37.7 Å². The van der Waals surface area contributed by atoms with Crippen LogP contribution in [0.15, 0.2) is 29.2 Å². The minimum absolute atomic E-state index is 0.794. The van der Waals surface area contributed by atoms with Crippen LogP contribution in [0.3, 0.4) is 0 Å². The van der Waals surface area contributed by atoms with Crippen LogP contribution in [-0.2, 0) is 0 Å². The lowest BCUT2D eigenvalue weighted by Gasteiger charge is -2.22. The molecule has 2 rings (SSSR count). The molecule has 0 radical (unpaired) electrons. The van der Waals surface area contributed by atoms with Crippen LogP contribution >= 0.6 is 11.8 Å². The molecule has 0 saturated heterocycles. The fraction of sp³-hybridized carbons (Fsp3) is 0.600. The molecule has 0 bridgehead atoms. The topological polar surface area (TPSA) is 12.0 Å². The molecule has 0 aromatic heterocycles. The predicted octanol–water partition coefficient (Wildman–Crippen LogP) is 4.01. The Morgan fingerprint density at radius 1 is 1.12 bits per heavy atom. The van der Waals surface area contributed by atoms with Crippen LogP contribution in [0.2, 0.25) is 0 Å². The summed E-state index contributed by atoms with van der Waals surface area (Å²) >= 11 is 1.96. The van der Waals surface area contributed by atoms with Gasteiger partial charge in [0.05, 0.1) is 0 Å². The maximum absolute atomic E-state index is 3.68. The van der Waals surface area contributed by atoms with Gasteiger partial charge in [-0.2, -0.15) is 0 Å². The molecule has 0 unspecified atom stereocenters. The number of rotatable bonds is 5. The van der Waals surface area contributed by atoms with Gasteiger partial charge in [-0.05, 0) is 31.9 Å². The molecule has 0 atom stereocenters. The molecule has 1 N–H and O–H groups in total. The molecule has 1 fully saturated rings. The van der Waals surface area contributed by atoms with E-state index in [1.54, 1.807) is 0 Å². The Bertz CT molecular complexity index is 314. The van der Waals surface area contributed by atoms with Crippen LogP contribution in [0, 0.1) is 6.92 Å². The van der Waals surface area contributed by atoms with Gasteiger partial charge in [0.2, 0.25) is 0 Å². The molecule has 1 aliphatic carbocycles. The SMILES string of the molecule is Cc1ccc(SCCNC2CCCCC2)cc1. The number of thioether (sulfide) groups is 1. The maximum atomic E-state index is 3.68. The van der Waals surface area contributed by atoms with E-state index in [0.717, 1.165) is 12.6 Å². The zero-order valence-electron chi connectivity index (χ0n) is 10.7. The third-order valence-electron chi connectivity index (χ3n) is 3.43. The summed E-state index contributed by atoms with van der Waals surface area (Å²) in [6, 6.07) is 9.62. The molecular weight excluding hydrogens is 226 g/mol. The van der Waals surface area contributed by atoms with Crippen molar-refractivity contribution in [3.05, 3.63) is 29.8 Å². The van der Waals surface area contributed by atoms with Crippen molar-refractivity contribution in [2.75, 3.05) is 12.3 Å². The summed E-state index contributed by atoms with van der Waals surface area (Å²) in [6.45, 7) is 3.28. The summed E-state index contributed by atoms with van der Waals surface area (Å²) in [7, 11) is 0. The second kappa shape index (κ2) is 7.07. The van der Waals surface area contributed by atoms with Crippen molar-refractivity contribution in [3.8, 4) is 0 Å². The van der Waals surface area contributed by atoms with Gasteiger partial charge in [0, 0.05) is 23.2 Å². The van der Waals surface area contributed by atoms with E-state index in [4.69, 9.17) is 0 Å². The van der Waals surface area contributed by atoms with E-state index in [-0.39, 0.29) is 0 Å². The van der Waals surface area contributed by atoms with Gasteiger partial charge in [0.25, 0.3) is 0 Å². The first kappa shape index (κ1) is 13.0. The van der Waals surface area contributed by atoms with Gasteiger partial charge >= 0.3 is 0 Å². The normalized spacial score (nSPS) is 17.2. The Labute approximate surface area is 109 Å². The second-order valence-electron chi connectivity index (χ2n) is 4.95. The number of hydrogen-bond acceptors (Lipinski definition) is 2. The van der Waals surface area contributed by atoms with Crippen molar-refractivity contribution in [3.63, 3.8) is 0 Å². The van der Waals surface area contributed by atoms with Crippen molar-refractivity contribution in [2.45, 2.75) is 50.0 Å². The van der Waals surface area contributed by atoms with Crippen LogP contribution in [0.5, 0.6) is 0 Å². The standard InChI is InChI=1S/C15H23NS/c1-13-7-9-15(10-8-13)17-12-11-16-14-5-3-2-4-6-14/h7-10,14,16H,2-6,11-12H2,1H3. The highest BCUT2D eigenvalue weighted by Crippen LogP contribution is 2.19. The lowest BCUT2D eigenvalue weighted by Crippen LogP contribution is -2.32. The van der Waals surface area contributed by atoms with Gasteiger partial charge in [-0.25, -0.2) is 0 Å². The summed E-state index contributed by atoms with van der Waals surface area (Å²) in [5.74, 6) is 1.18. The molecule has 1 aliphatic rings. The Morgan fingerprint density at radius 2 is 1.82 bits per heavy atom. The first-order valence-electron chi connectivity index (χ1n) is 6.77. The Hall–Kier alpha value is -0.470. The number of hydrogen-bond donors (Lipinski definition) is 1. The molecule has 1 nitrogen and oxygen atoms in total. The van der Waals surface area contributed by atoms with E-state index >= 15 is 0 Å². The number of benzene rings is 1. The van der Waals surface area contributed by atoms with E-state index in [1.165, 1.54) is 48.3 Å². The average Bonchev–Trinajstić information content (AvgIpc) is 2.38. The van der Waals surface area contributed by atoms with Crippen molar-refractivity contribution in [2.24, 2.45) is 0 Å². The highest BCUT2D eigenvalue weighted by Gasteiger charge is 2.11. The summed E-state index contributed by atoms with van der Waals surface area (Å²) in [5, 5.41) is 3.68. The van der Waals surface area contributed by atoms with Crippen LogP contribution in [0.25, 0.3) is 0 Å². The van der Waals surface area contributed by atoms with Gasteiger partial charge in [0.15, 0.2) is 0 Å². The molecule has 1 saturated carbocycles. The number of aryl methyl sites for hydroxylation is 1. The van der Waals surface area contributed by atoms with Crippen molar-refractivity contribution in [1.29, 1.82) is 0 Å². The molecule has 1 aromatic carbocycles. The monoisotopic (exact) mass is 249 g/mol. The zero-order chi connectivity index (χ0) is 11.9. The highest BCUT2D eigenvalue weighted by molar-refractivity contribution is 7.99. The summed E-state index contributed by atoms with van der Waals surface area (Å²) in [4.78, 5) is 1.39. The molecule has 0 aliphatic heterocycles. The molecule has 1 aromatic rings. The smallest absolute Gasteiger partial charge is 0.0106 e. The van der Waals surface area contributed by atoms with Gasteiger partial charge in [0.1, 0.15) is 0 Å². The molecule has 0 heterocycles. The van der Waals surface area contributed by atoms with Crippen LogP contribution in [0.4, 0.5) is 0 Å². The Balaban J connectivity index is 1.60. The van der Waals surface area contributed by atoms with E-state index in [1.807, 2.05) is 11.8 Å². The van der Waals surface area contributed by atoms with E-state index in [9.17, 15) is 0 Å². The second-order valence-corrected chi connectivity index (χ2v) is 6.12. The van der Waals surface area contributed by atoms with Crippen molar-refractivity contribution in [1.82, 2.24) is 5.32 Å². The van der Waals surface area contributed by atoms with Gasteiger partial charge in [-0.1, -0.05) is 37.0 Å². The summed E-state index contributed by atoms with van der Waals surface area (Å²) < 4.78 is 0. The fourth-order valence-corrected chi connectivity index (χ4v) is 3.16. The first-order valence-corrected chi connectivity index (χ1v) is 7.76. The molecule has 17 heavy (non-hydrogen) atoms. The van der Waals surface area contributed by atoms with Gasteiger partial charge in [-0.3, -0.25) is 0 Å². The van der Waals surface area contributed by atoms with E-state index in [2.05, 4.69) is 36.5 Å². The van der Waals surface area contributed by atoms with E-state index < -0.39 is 0 Å². The van der Waals surface area contributed by atoms with E-state index in [0.29, 0.717) is 0 Å². The molecular formula is C15H23NS. The molecule has 2 heteroatoms. The lowest BCUT2D eigenvalue weighted by molar-refractivity contribution is 0.381. The van der Waals surface area contributed by atoms with Crippen LogP contribution in [-0.4, -0.2) is 18.3 Å². The highest BCUT2D eigenvalue weighted by atomic mass is 32.2. The third kappa shape index (κ3) is 4.72. The molecule has 0 spiro atoms. The van der Waals surface area contributed by atoms with Crippen molar-refractivity contribution < 1.29 is 0 Å². The van der Waals surface area contributed by atoms with Crippen LogP contribution < -0.4 is 5.32 Å². The Kier molecular flexibility index (Phi) is 5.40. The minimum Gasteiger partial charge on any atom is -0.313 e. The quantitative estimate of drug-likeness (QED) is 0.625. The van der Waals surface area contributed by atoms with Crippen molar-refractivity contribution >= 4 is 11.8 Å². The summed E-state index contributed by atoms with van der Waals surface area (Å²) in [6.07, 6.45) is 7.05. The third-order valence-corrected chi connectivity index (χ3v) is 4.44. The zero-order valence-corrected chi connectivity index (χ0v) is 11.6. The summed E-state index contributed by atoms with van der Waals surface area (Å²) in [5.41, 5.74) is 1.34. The number of nitrogens with one attached hydrogen (secondary N) is 1. The largest absolute Gasteiger partial charge is 0.313 e. The average molecular weight is 249 g/mol. The van der Waals surface area contributed by atoms with Gasteiger partial charge in [-0.15, -0.1) is 11.8 Å². The Morgan fingerprint density at radius 3 is 2.53 bits per heavy atom. The first-order chi connectivity index (χ1) is 8.34. The maximum Gasteiger partial charge on any atom is 0.0106 e. The lowest BCUT2D eigenvalue weighted by atomic mass is 9.96. The van der Waals surface area contributed by atoms with Gasteiger partial charge < -0.3 is 5.32 Å². The fourth-order valence-electron chi connectivity index (χ4n) is 2.37. The predicted molar refractivity (Wildman–Crippen MR) is 76.8 cm³/mol. The molecule has 0 amide bonds. The molecule has 94 valence electrons. The minimum atomic E-state index is 0.794.